The molecule has 11 heteroatoms. The van der Waals surface area contributed by atoms with E-state index in [0.29, 0.717) is 19.3 Å². The van der Waals surface area contributed by atoms with E-state index < -0.39 is 67.4 Å². The first kappa shape index (κ1) is 84.2. The molecule has 8 unspecified atom stereocenters. The number of aliphatic hydroxyl groups is 5. The topological polar surface area (TPSA) is 175 Å². The lowest BCUT2D eigenvalue weighted by Crippen LogP contribution is -2.61. The van der Waals surface area contributed by atoms with Gasteiger partial charge in [0.25, 0.3) is 0 Å². The van der Waals surface area contributed by atoms with Crippen LogP contribution in [0, 0.1) is 0 Å². The summed E-state index contributed by atoms with van der Waals surface area (Å²) in [6, 6.07) is -1.02. The van der Waals surface area contributed by atoms with Gasteiger partial charge in [0.05, 0.1) is 25.4 Å². The second kappa shape index (κ2) is 65.2. The highest BCUT2D eigenvalue weighted by Gasteiger charge is 2.47. The molecule has 88 heavy (non-hydrogen) atoms. The van der Waals surface area contributed by atoms with Crippen molar-refractivity contribution in [1.82, 2.24) is 5.32 Å². The van der Waals surface area contributed by atoms with Crippen LogP contribution in [0.2, 0.25) is 0 Å². The fourth-order valence-corrected chi connectivity index (χ4v) is 12.5. The van der Waals surface area contributed by atoms with Crippen molar-refractivity contribution < 1.29 is 49.3 Å². The van der Waals surface area contributed by atoms with Gasteiger partial charge >= 0.3 is 5.97 Å². The lowest BCUT2D eigenvalue weighted by molar-refractivity contribution is -0.305. The van der Waals surface area contributed by atoms with Gasteiger partial charge in [-0.3, -0.25) is 9.59 Å². The summed E-state index contributed by atoms with van der Waals surface area (Å²) in [4.78, 5) is 26.7. The van der Waals surface area contributed by atoms with Crippen molar-refractivity contribution >= 4 is 11.9 Å². The van der Waals surface area contributed by atoms with Gasteiger partial charge in [-0.05, 0) is 51.4 Å². The zero-order chi connectivity index (χ0) is 63.9. The molecule has 0 bridgehead atoms. The quantitative estimate of drug-likeness (QED) is 0.0195. The number of carbonyl (C=O) groups is 2. The fourth-order valence-electron chi connectivity index (χ4n) is 12.5. The Morgan fingerprint density at radius 2 is 0.750 bits per heavy atom. The minimum absolute atomic E-state index is 0.131. The van der Waals surface area contributed by atoms with E-state index in [1.165, 1.54) is 289 Å². The van der Waals surface area contributed by atoms with Crippen LogP contribution in [-0.4, -0.2) is 99.6 Å². The minimum atomic E-state index is -1.61. The molecule has 0 aliphatic carbocycles. The molecule has 0 aromatic heterocycles. The first-order valence-corrected chi connectivity index (χ1v) is 38.6. The van der Waals surface area contributed by atoms with Crippen molar-refractivity contribution in [3.63, 3.8) is 0 Å². The summed E-state index contributed by atoms with van der Waals surface area (Å²) in [5.41, 5.74) is 0. The number of carbonyl (C=O) groups excluding carboxylic acids is 2. The lowest BCUT2D eigenvalue weighted by Gasteiger charge is -2.41. The number of ether oxygens (including phenoxy) is 3. The van der Waals surface area contributed by atoms with Gasteiger partial charge in [0.1, 0.15) is 24.4 Å². The molecule has 1 rings (SSSR count). The van der Waals surface area contributed by atoms with E-state index in [1.807, 2.05) is 6.08 Å². The van der Waals surface area contributed by atoms with Crippen LogP contribution >= 0.6 is 0 Å². The summed E-state index contributed by atoms with van der Waals surface area (Å²) >= 11 is 0. The fraction of sp³-hybridized carbons (Fsp3) is 0.922. The molecule has 0 saturated carbocycles. The molecule has 0 aromatic rings. The third-order valence-corrected chi connectivity index (χ3v) is 18.6. The number of hydrogen-bond acceptors (Lipinski definition) is 10. The van der Waals surface area contributed by atoms with Crippen molar-refractivity contribution in [2.75, 3.05) is 13.2 Å². The molecule has 1 aliphatic rings. The molecule has 6 N–H and O–H groups in total. The number of esters is 1. The van der Waals surface area contributed by atoms with Crippen LogP contribution in [0.25, 0.3) is 0 Å². The predicted molar refractivity (Wildman–Crippen MR) is 371 cm³/mol. The third kappa shape index (κ3) is 51.6. The summed E-state index contributed by atoms with van der Waals surface area (Å²) in [6.45, 7) is 5.86. The van der Waals surface area contributed by atoms with Gasteiger partial charge in [-0.15, -0.1) is 0 Å². The number of amides is 1. The molecule has 0 spiro atoms. The molecular weight excluding hydrogens is 1100 g/mol. The predicted octanol–water partition coefficient (Wildman–Crippen LogP) is 20.4. The number of unbranched alkanes of at least 4 members (excludes halogenated alkanes) is 52. The molecule has 1 amide bonds. The minimum Gasteiger partial charge on any atom is -0.454 e. The van der Waals surface area contributed by atoms with Gasteiger partial charge in [0.2, 0.25) is 5.91 Å². The summed E-state index contributed by atoms with van der Waals surface area (Å²) in [6.07, 6.45) is 69.5. The van der Waals surface area contributed by atoms with Crippen LogP contribution < -0.4 is 5.32 Å². The summed E-state index contributed by atoms with van der Waals surface area (Å²) in [5.74, 6) is -1.17. The Hall–Kier alpha value is -1.86. The second-order valence-electron chi connectivity index (χ2n) is 27.1. The monoisotopic (exact) mass is 1250 g/mol. The normalized spacial score (nSPS) is 18.2. The van der Waals surface area contributed by atoms with Crippen molar-refractivity contribution in [1.29, 1.82) is 0 Å². The van der Waals surface area contributed by atoms with E-state index in [9.17, 15) is 35.1 Å². The number of hydrogen-bond donors (Lipinski definition) is 6. The number of allylic oxidation sites excluding steroid dienone is 3. The Kier molecular flexibility index (Phi) is 62.4. The molecular formula is C77H147NO10. The molecule has 8 atom stereocenters. The number of aliphatic hydroxyl groups excluding tert-OH is 5. The lowest BCUT2D eigenvalue weighted by atomic mass is 9.99. The highest BCUT2D eigenvalue weighted by Crippen LogP contribution is 2.27. The highest BCUT2D eigenvalue weighted by molar-refractivity contribution is 5.80. The maximum absolute atomic E-state index is 13.5. The van der Waals surface area contributed by atoms with E-state index in [1.54, 1.807) is 6.08 Å². The van der Waals surface area contributed by atoms with Gasteiger partial charge in [-0.2, -0.15) is 0 Å². The SMILES string of the molecule is CCCCCCCC/C=C/CCCCCCCCCCCCC(O)C(=O)NC(COC1OC(CO)C(O)C(O)C1OC(=O)CCCCCCCCCCCCCCCCCCCCCCCCCCCCC)C(O)/C=C/CCCCCCCCCCCC. The molecule has 520 valence electrons. The van der Waals surface area contributed by atoms with Crippen LogP contribution in [0.1, 0.15) is 393 Å². The Balaban J connectivity index is 2.49. The van der Waals surface area contributed by atoms with Gasteiger partial charge in [-0.1, -0.05) is 360 Å². The first-order chi connectivity index (χ1) is 43.2. The zero-order valence-corrected chi connectivity index (χ0v) is 58.1. The van der Waals surface area contributed by atoms with Crippen LogP contribution in [-0.2, 0) is 23.8 Å². The maximum Gasteiger partial charge on any atom is 0.306 e. The zero-order valence-electron chi connectivity index (χ0n) is 58.1. The van der Waals surface area contributed by atoms with Crippen molar-refractivity contribution in [2.45, 2.75) is 442 Å². The molecule has 11 nitrogen and oxygen atoms in total. The van der Waals surface area contributed by atoms with Gasteiger partial charge in [0.15, 0.2) is 12.4 Å². The Morgan fingerprint density at radius 1 is 0.432 bits per heavy atom. The van der Waals surface area contributed by atoms with Crippen molar-refractivity contribution in [3.8, 4) is 0 Å². The summed E-state index contributed by atoms with van der Waals surface area (Å²) in [7, 11) is 0. The molecule has 1 fully saturated rings. The highest BCUT2D eigenvalue weighted by atomic mass is 16.7. The standard InChI is InChI=1S/C77H147NO10/c1-4-7-10-13-16-19-22-25-27-29-31-33-34-35-36-37-38-39-41-43-45-47-50-53-56-59-62-65-72(82)88-75-74(84)73(83)71(66-79)87-77(75)86-67-68(69(80)63-60-57-54-51-48-24-21-18-15-12-9-6-3)78-76(85)70(81)64-61-58-55-52-49-46-44-42-40-32-30-28-26-23-20-17-14-11-8-5-2/h26,28,60,63,68-71,73-75,77,79-81,83-84H,4-25,27,29-59,61-62,64-67H2,1-3H3,(H,78,85)/b28-26+,63-60+. The number of rotatable bonds is 68. The molecule has 0 radical (unpaired) electrons. The Morgan fingerprint density at radius 3 is 1.10 bits per heavy atom. The van der Waals surface area contributed by atoms with E-state index >= 15 is 0 Å². The van der Waals surface area contributed by atoms with Crippen LogP contribution in [0.5, 0.6) is 0 Å². The second-order valence-corrected chi connectivity index (χ2v) is 27.1. The van der Waals surface area contributed by atoms with Crippen LogP contribution in [0.3, 0.4) is 0 Å². The van der Waals surface area contributed by atoms with E-state index in [0.717, 1.165) is 57.8 Å². The van der Waals surface area contributed by atoms with E-state index in [2.05, 4.69) is 38.2 Å². The molecule has 1 aliphatic heterocycles. The average Bonchev–Trinajstić information content (AvgIpc) is 2.78. The van der Waals surface area contributed by atoms with E-state index in [4.69, 9.17) is 14.2 Å². The van der Waals surface area contributed by atoms with E-state index in [-0.39, 0.29) is 13.0 Å². The smallest absolute Gasteiger partial charge is 0.306 e. The molecule has 1 heterocycles. The Labute approximate surface area is 543 Å². The van der Waals surface area contributed by atoms with Gasteiger partial charge < -0.3 is 45.1 Å². The summed E-state index contributed by atoms with van der Waals surface area (Å²) in [5, 5.41) is 57.3. The van der Waals surface area contributed by atoms with Gasteiger partial charge in [-0.25, -0.2) is 0 Å². The third-order valence-electron chi connectivity index (χ3n) is 18.6. The molecule has 1 saturated heterocycles. The first-order valence-electron chi connectivity index (χ1n) is 38.6. The Bertz CT molecular complexity index is 1530. The maximum atomic E-state index is 13.5. The molecule has 0 aromatic carbocycles. The van der Waals surface area contributed by atoms with Gasteiger partial charge in [0, 0.05) is 6.42 Å². The average molecular weight is 1250 g/mol. The van der Waals surface area contributed by atoms with Crippen LogP contribution in [0.15, 0.2) is 24.3 Å². The summed E-state index contributed by atoms with van der Waals surface area (Å²) < 4.78 is 17.7. The van der Waals surface area contributed by atoms with Crippen LogP contribution in [0.4, 0.5) is 0 Å². The largest absolute Gasteiger partial charge is 0.454 e. The van der Waals surface area contributed by atoms with Crippen molar-refractivity contribution in [3.05, 3.63) is 24.3 Å². The van der Waals surface area contributed by atoms with Crippen molar-refractivity contribution in [2.24, 2.45) is 0 Å². The number of nitrogens with one attached hydrogen (secondary N) is 1.